The average molecular weight is 354 g/mol. The lowest BCUT2D eigenvalue weighted by atomic mass is 9.86. The van der Waals surface area contributed by atoms with Crippen LogP contribution in [0.4, 0.5) is 18.0 Å². The summed E-state index contributed by atoms with van der Waals surface area (Å²) in [5.74, 6) is -0.611. The summed E-state index contributed by atoms with van der Waals surface area (Å²) in [7, 11) is 0. The molecule has 1 fully saturated rings. The fourth-order valence-corrected chi connectivity index (χ4v) is 3.28. The zero-order valence-electron chi connectivity index (χ0n) is 13.9. The van der Waals surface area contributed by atoms with Crippen molar-refractivity contribution in [2.75, 3.05) is 0 Å². The van der Waals surface area contributed by atoms with Gasteiger partial charge in [0.1, 0.15) is 11.3 Å². The highest BCUT2D eigenvalue weighted by molar-refractivity contribution is 5.78. The molecule has 1 heterocycles. The molecule has 0 spiro atoms. The molecule has 1 aliphatic rings. The lowest BCUT2D eigenvalue weighted by Gasteiger charge is -2.30. The van der Waals surface area contributed by atoms with Gasteiger partial charge in [-0.3, -0.25) is 0 Å². The number of hydrogen-bond donors (Lipinski definition) is 2. The van der Waals surface area contributed by atoms with Crippen LogP contribution in [0.25, 0.3) is 11.0 Å². The minimum absolute atomic E-state index is 0.0631. The first-order chi connectivity index (χ1) is 11.8. The number of nitrogens with one attached hydrogen (secondary N) is 2. The third-order valence-electron chi connectivity index (χ3n) is 4.74. The second-order valence-corrected chi connectivity index (χ2v) is 6.62. The van der Waals surface area contributed by atoms with Crippen LogP contribution in [0.15, 0.2) is 34.7 Å². The van der Waals surface area contributed by atoms with Crippen LogP contribution in [-0.2, 0) is 0 Å². The number of carbonyl (C=O) groups is 1. The van der Waals surface area contributed by atoms with Gasteiger partial charge in [0.25, 0.3) is 0 Å². The fraction of sp³-hybridized carbons (Fsp3) is 0.500. The van der Waals surface area contributed by atoms with E-state index in [1.54, 1.807) is 6.92 Å². The molecule has 0 radical (unpaired) electrons. The summed E-state index contributed by atoms with van der Waals surface area (Å²) in [5.41, 5.74) is 0.747. The fourth-order valence-electron chi connectivity index (χ4n) is 3.28. The Hall–Kier alpha value is -2.18. The van der Waals surface area contributed by atoms with Crippen molar-refractivity contribution in [3.63, 3.8) is 0 Å². The molecule has 7 heteroatoms. The quantitative estimate of drug-likeness (QED) is 0.822. The van der Waals surface area contributed by atoms with Gasteiger partial charge in [0.05, 0.1) is 12.0 Å². The van der Waals surface area contributed by atoms with E-state index in [2.05, 4.69) is 10.6 Å². The number of benzene rings is 1. The normalized spacial score (nSPS) is 22.6. The van der Waals surface area contributed by atoms with Gasteiger partial charge in [0.2, 0.25) is 0 Å². The van der Waals surface area contributed by atoms with Gasteiger partial charge in [0, 0.05) is 11.4 Å². The predicted octanol–water partition coefficient (Wildman–Crippen LogP) is 4.91. The molecule has 1 unspecified atom stereocenters. The first-order valence-electron chi connectivity index (χ1n) is 8.45. The van der Waals surface area contributed by atoms with Crippen molar-refractivity contribution in [2.45, 2.75) is 50.9 Å². The second kappa shape index (κ2) is 6.98. The minimum Gasteiger partial charge on any atom is -0.459 e. The van der Waals surface area contributed by atoms with Crippen molar-refractivity contribution in [3.8, 4) is 0 Å². The summed E-state index contributed by atoms with van der Waals surface area (Å²) in [6, 6.07) is 8.48. The molecule has 2 amide bonds. The maximum atomic E-state index is 12.7. The van der Waals surface area contributed by atoms with Gasteiger partial charge in [-0.25, -0.2) is 4.79 Å². The van der Waals surface area contributed by atoms with Crippen LogP contribution in [0.2, 0.25) is 0 Å². The largest absolute Gasteiger partial charge is 0.459 e. The van der Waals surface area contributed by atoms with Crippen molar-refractivity contribution >= 4 is 17.0 Å². The number of rotatable bonds is 3. The van der Waals surface area contributed by atoms with Crippen LogP contribution < -0.4 is 10.6 Å². The first-order valence-corrected chi connectivity index (χ1v) is 8.45. The maximum Gasteiger partial charge on any atom is 0.391 e. The molecule has 1 aliphatic carbocycles. The maximum absolute atomic E-state index is 12.7. The van der Waals surface area contributed by atoms with Gasteiger partial charge in [0.15, 0.2) is 0 Å². The Labute approximate surface area is 143 Å². The number of furan rings is 1. The molecule has 2 N–H and O–H groups in total. The highest BCUT2D eigenvalue weighted by atomic mass is 19.4. The zero-order valence-corrected chi connectivity index (χ0v) is 13.9. The van der Waals surface area contributed by atoms with E-state index in [4.69, 9.17) is 4.42 Å². The van der Waals surface area contributed by atoms with E-state index >= 15 is 0 Å². The monoisotopic (exact) mass is 354 g/mol. The minimum atomic E-state index is -4.14. The van der Waals surface area contributed by atoms with E-state index in [9.17, 15) is 18.0 Å². The lowest BCUT2D eigenvalue weighted by Crippen LogP contribution is -2.45. The van der Waals surface area contributed by atoms with Crippen molar-refractivity contribution in [2.24, 2.45) is 5.92 Å². The van der Waals surface area contributed by atoms with Crippen LogP contribution in [0.3, 0.4) is 0 Å². The van der Waals surface area contributed by atoms with Crippen molar-refractivity contribution in [1.29, 1.82) is 0 Å². The second-order valence-electron chi connectivity index (χ2n) is 6.62. The topological polar surface area (TPSA) is 54.3 Å². The number of carbonyl (C=O) groups excluding carboxylic acids is 1. The molecule has 1 saturated carbocycles. The van der Waals surface area contributed by atoms with Crippen LogP contribution in [0, 0.1) is 5.92 Å². The van der Waals surface area contributed by atoms with Crippen LogP contribution in [-0.4, -0.2) is 18.2 Å². The Kier molecular flexibility index (Phi) is 4.92. The van der Waals surface area contributed by atoms with Gasteiger partial charge in [-0.1, -0.05) is 18.2 Å². The lowest BCUT2D eigenvalue weighted by molar-refractivity contribution is -0.182. The number of halogens is 3. The molecule has 1 atom stereocenters. The molecule has 0 aliphatic heterocycles. The van der Waals surface area contributed by atoms with Gasteiger partial charge < -0.3 is 15.1 Å². The van der Waals surface area contributed by atoms with Crippen LogP contribution in [0.5, 0.6) is 0 Å². The number of fused-ring (bicyclic) bond motifs is 1. The summed E-state index contributed by atoms with van der Waals surface area (Å²) in [6.07, 6.45) is -3.32. The van der Waals surface area contributed by atoms with Gasteiger partial charge in [-0.05, 0) is 44.7 Å². The van der Waals surface area contributed by atoms with Gasteiger partial charge >= 0.3 is 12.2 Å². The standard InChI is InChI=1S/C18H21F3N2O2/c1-11(16-10-12-4-2-3-5-15(12)25-16)22-17(24)23-14-8-6-13(7-9-14)18(19,20)21/h2-5,10-11,13-14H,6-9H2,1H3,(H2,22,23,24). The molecule has 0 saturated heterocycles. The van der Waals surface area contributed by atoms with Crippen molar-refractivity contribution in [1.82, 2.24) is 10.6 Å². The molecule has 2 aromatic rings. The summed E-state index contributed by atoms with van der Waals surface area (Å²) in [4.78, 5) is 12.1. The number of urea groups is 1. The summed E-state index contributed by atoms with van der Waals surface area (Å²) >= 11 is 0. The Morgan fingerprint density at radius 3 is 2.52 bits per heavy atom. The predicted molar refractivity (Wildman–Crippen MR) is 88.1 cm³/mol. The van der Waals surface area contributed by atoms with Gasteiger partial charge in [-0.15, -0.1) is 0 Å². The number of amides is 2. The third kappa shape index (κ3) is 4.27. The molecule has 1 aromatic carbocycles. The highest BCUT2D eigenvalue weighted by Gasteiger charge is 2.41. The summed E-state index contributed by atoms with van der Waals surface area (Å²) in [5, 5.41) is 6.50. The van der Waals surface area contributed by atoms with E-state index in [-0.39, 0.29) is 31.0 Å². The Morgan fingerprint density at radius 1 is 1.20 bits per heavy atom. The Bertz CT molecular complexity index is 700. The number of alkyl halides is 3. The molecule has 1 aromatic heterocycles. The molecular formula is C18H21F3N2O2. The Morgan fingerprint density at radius 2 is 1.88 bits per heavy atom. The molecule has 3 rings (SSSR count). The van der Waals surface area contributed by atoms with E-state index in [1.165, 1.54) is 0 Å². The molecule has 136 valence electrons. The smallest absolute Gasteiger partial charge is 0.391 e. The SMILES string of the molecule is CC(NC(=O)NC1CCC(C(F)(F)F)CC1)c1cc2ccccc2o1. The van der Waals surface area contributed by atoms with Gasteiger partial charge in [-0.2, -0.15) is 13.2 Å². The van der Waals surface area contributed by atoms with Crippen molar-refractivity contribution in [3.05, 3.63) is 36.1 Å². The Balaban J connectivity index is 1.51. The first kappa shape index (κ1) is 17.6. The van der Waals surface area contributed by atoms with E-state index < -0.39 is 12.1 Å². The average Bonchev–Trinajstić information content (AvgIpc) is 2.98. The van der Waals surface area contributed by atoms with Crippen molar-refractivity contribution < 1.29 is 22.4 Å². The zero-order chi connectivity index (χ0) is 18.0. The van der Waals surface area contributed by atoms with E-state index in [1.807, 2.05) is 30.3 Å². The highest BCUT2D eigenvalue weighted by Crippen LogP contribution is 2.37. The van der Waals surface area contributed by atoms with E-state index in [0.717, 1.165) is 11.0 Å². The number of para-hydroxylation sites is 1. The van der Waals surface area contributed by atoms with Crippen LogP contribution >= 0.6 is 0 Å². The molecular weight excluding hydrogens is 333 g/mol. The molecule has 25 heavy (non-hydrogen) atoms. The third-order valence-corrected chi connectivity index (χ3v) is 4.74. The molecule has 0 bridgehead atoms. The molecule has 4 nitrogen and oxygen atoms in total. The van der Waals surface area contributed by atoms with Crippen LogP contribution in [0.1, 0.15) is 44.4 Å². The van der Waals surface area contributed by atoms with E-state index in [0.29, 0.717) is 18.6 Å². The summed E-state index contributed by atoms with van der Waals surface area (Å²) in [6.45, 7) is 1.80. The summed E-state index contributed by atoms with van der Waals surface area (Å²) < 4.78 is 43.7. The number of hydrogen-bond acceptors (Lipinski definition) is 2.